The number of amides is 1. The molecule has 0 fully saturated rings. The summed E-state index contributed by atoms with van der Waals surface area (Å²) in [6, 6.07) is 0. The van der Waals surface area contributed by atoms with Crippen LogP contribution in [0.2, 0.25) is 0 Å². The highest BCUT2D eigenvalue weighted by atomic mass is 79.9. The molecule has 14 heavy (non-hydrogen) atoms. The lowest BCUT2D eigenvalue weighted by Gasteiger charge is -2.32. The lowest BCUT2D eigenvalue weighted by Crippen LogP contribution is -2.49. The van der Waals surface area contributed by atoms with Crippen molar-refractivity contribution in [1.82, 2.24) is 10.2 Å². The highest BCUT2D eigenvalue weighted by Gasteiger charge is 2.22. The number of alkyl halides is 1. The van der Waals surface area contributed by atoms with Crippen LogP contribution in [0.4, 0.5) is 0 Å². The molecule has 1 unspecified atom stereocenters. The van der Waals surface area contributed by atoms with Gasteiger partial charge in [-0.05, 0) is 34.4 Å². The summed E-state index contributed by atoms with van der Waals surface area (Å²) >= 11 is 3.32. The summed E-state index contributed by atoms with van der Waals surface area (Å²) < 4.78 is 0. The second-order valence-electron chi connectivity index (χ2n) is 4.30. The molecule has 0 saturated carbocycles. The van der Waals surface area contributed by atoms with Crippen molar-refractivity contribution in [3.8, 4) is 0 Å². The molecule has 0 aliphatic rings. The number of rotatable bonds is 5. The zero-order valence-corrected chi connectivity index (χ0v) is 11.3. The summed E-state index contributed by atoms with van der Waals surface area (Å²) in [4.78, 5) is 13.5. The Balaban J connectivity index is 4.00. The molecule has 0 rings (SSSR count). The molecule has 0 saturated heterocycles. The van der Waals surface area contributed by atoms with Crippen molar-refractivity contribution in [2.45, 2.75) is 37.6 Å². The maximum absolute atomic E-state index is 11.5. The molecule has 0 aliphatic carbocycles. The lowest BCUT2D eigenvalue weighted by molar-refractivity contribution is -0.120. The molecule has 0 aromatic rings. The molecule has 0 aromatic carbocycles. The molecular formula is C10H21BrN2O. The molecule has 0 aromatic heterocycles. The van der Waals surface area contributed by atoms with Gasteiger partial charge in [0.15, 0.2) is 0 Å². The Bertz CT molecular complexity index is 193. The van der Waals surface area contributed by atoms with Gasteiger partial charge in [0.05, 0.1) is 4.83 Å². The third-order valence-corrected chi connectivity index (χ3v) is 3.61. The van der Waals surface area contributed by atoms with Crippen molar-refractivity contribution < 1.29 is 4.79 Å². The van der Waals surface area contributed by atoms with Gasteiger partial charge in [0.2, 0.25) is 5.91 Å². The van der Waals surface area contributed by atoms with E-state index in [1.54, 1.807) is 0 Å². The molecule has 84 valence electrons. The van der Waals surface area contributed by atoms with E-state index >= 15 is 0 Å². The first-order valence-electron chi connectivity index (χ1n) is 4.90. The quantitative estimate of drug-likeness (QED) is 0.766. The molecule has 0 spiro atoms. The van der Waals surface area contributed by atoms with E-state index in [0.717, 1.165) is 6.42 Å². The van der Waals surface area contributed by atoms with E-state index in [2.05, 4.69) is 40.0 Å². The van der Waals surface area contributed by atoms with Crippen LogP contribution < -0.4 is 5.32 Å². The summed E-state index contributed by atoms with van der Waals surface area (Å²) in [5, 5.41) is 2.93. The summed E-state index contributed by atoms with van der Waals surface area (Å²) in [6.07, 6.45) is 0.814. The van der Waals surface area contributed by atoms with Gasteiger partial charge in [-0.1, -0.05) is 22.9 Å². The topological polar surface area (TPSA) is 32.3 Å². The lowest BCUT2D eigenvalue weighted by atomic mass is 10.0. The van der Waals surface area contributed by atoms with Crippen LogP contribution in [0.25, 0.3) is 0 Å². The Morgan fingerprint density at radius 1 is 1.50 bits per heavy atom. The van der Waals surface area contributed by atoms with Gasteiger partial charge in [0, 0.05) is 12.1 Å². The maximum atomic E-state index is 11.5. The second kappa shape index (κ2) is 5.71. The predicted molar refractivity (Wildman–Crippen MR) is 63.8 cm³/mol. The first-order valence-corrected chi connectivity index (χ1v) is 5.82. The van der Waals surface area contributed by atoms with Crippen molar-refractivity contribution in [2.75, 3.05) is 20.6 Å². The zero-order valence-electron chi connectivity index (χ0n) is 9.72. The number of hydrogen-bond acceptors (Lipinski definition) is 2. The van der Waals surface area contributed by atoms with E-state index in [9.17, 15) is 4.79 Å². The summed E-state index contributed by atoms with van der Waals surface area (Å²) in [7, 11) is 4.02. The molecule has 3 nitrogen and oxygen atoms in total. The van der Waals surface area contributed by atoms with Gasteiger partial charge in [0.1, 0.15) is 0 Å². The van der Waals surface area contributed by atoms with Crippen molar-refractivity contribution in [3.63, 3.8) is 0 Å². The standard InChI is InChI=1S/C10H21BrN2O/c1-6-8(11)9(14)12-7-10(2,3)13(4)5/h8H,6-7H2,1-5H3,(H,12,14). The molecule has 4 heteroatoms. The second-order valence-corrected chi connectivity index (χ2v) is 5.41. The van der Waals surface area contributed by atoms with Crippen LogP contribution in [0.3, 0.4) is 0 Å². The molecule has 0 radical (unpaired) electrons. The van der Waals surface area contributed by atoms with Crippen molar-refractivity contribution in [2.24, 2.45) is 0 Å². The van der Waals surface area contributed by atoms with Crippen molar-refractivity contribution in [3.05, 3.63) is 0 Å². The number of halogens is 1. The first kappa shape index (κ1) is 13.9. The van der Waals surface area contributed by atoms with Gasteiger partial charge in [-0.3, -0.25) is 4.79 Å². The fourth-order valence-electron chi connectivity index (χ4n) is 0.758. The normalized spacial score (nSPS) is 14.2. The van der Waals surface area contributed by atoms with Gasteiger partial charge in [0.25, 0.3) is 0 Å². The minimum atomic E-state index is -0.0690. The number of nitrogens with zero attached hydrogens (tertiary/aromatic N) is 1. The number of hydrogen-bond donors (Lipinski definition) is 1. The summed E-state index contributed by atoms with van der Waals surface area (Å²) in [5.74, 6) is 0.0717. The molecular weight excluding hydrogens is 244 g/mol. The first-order chi connectivity index (χ1) is 6.31. The molecule has 0 bridgehead atoms. The maximum Gasteiger partial charge on any atom is 0.233 e. The minimum absolute atomic E-state index is 0.00385. The van der Waals surface area contributed by atoms with Crippen LogP contribution in [0.1, 0.15) is 27.2 Å². The van der Waals surface area contributed by atoms with Crippen LogP contribution in [0.15, 0.2) is 0 Å². The van der Waals surface area contributed by atoms with Gasteiger partial charge < -0.3 is 10.2 Å². The third-order valence-electron chi connectivity index (χ3n) is 2.55. The fourth-order valence-corrected chi connectivity index (χ4v) is 0.920. The zero-order chi connectivity index (χ0) is 11.4. The highest BCUT2D eigenvalue weighted by molar-refractivity contribution is 9.10. The largest absolute Gasteiger partial charge is 0.353 e. The summed E-state index contributed by atoms with van der Waals surface area (Å²) in [6.45, 7) is 6.85. The van der Waals surface area contributed by atoms with E-state index < -0.39 is 0 Å². The summed E-state index contributed by atoms with van der Waals surface area (Å²) in [5.41, 5.74) is -0.00385. The minimum Gasteiger partial charge on any atom is -0.353 e. The van der Waals surface area contributed by atoms with E-state index in [0.29, 0.717) is 6.54 Å². The molecule has 1 N–H and O–H groups in total. The van der Waals surface area contributed by atoms with Gasteiger partial charge in [-0.15, -0.1) is 0 Å². The molecule has 0 aliphatic heterocycles. The Hall–Kier alpha value is -0.0900. The van der Waals surface area contributed by atoms with Crippen LogP contribution in [0, 0.1) is 0 Å². The Labute approximate surface area is 95.4 Å². The van der Waals surface area contributed by atoms with E-state index in [-0.39, 0.29) is 16.3 Å². The molecule has 1 atom stereocenters. The Morgan fingerprint density at radius 2 is 2.00 bits per heavy atom. The predicted octanol–water partition coefficient (Wildman–Crippen LogP) is 1.62. The van der Waals surface area contributed by atoms with Crippen LogP contribution in [0.5, 0.6) is 0 Å². The average Bonchev–Trinajstić information content (AvgIpc) is 2.12. The average molecular weight is 265 g/mol. The Kier molecular flexibility index (Phi) is 5.67. The number of carbonyl (C=O) groups excluding carboxylic acids is 1. The van der Waals surface area contributed by atoms with Gasteiger partial charge in [-0.2, -0.15) is 0 Å². The SMILES string of the molecule is CCC(Br)C(=O)NCC(C)(C)N(C)C. The molecule has 0 heterocycles. The van der Waals surface area contributed by atoms with E-state index in [4.69, 9.17) is 0 Å². The van der Waals surface area contributed by atoms with E-state index in [1.165, 1.54) is 0 Å². The van der Waals surface area contributed by atoms with Crippen molar-refractivity contribution >= 4 is 21.8 Å². The smallest absolute Gasteiger partial charge is 0.233 e. The van der Waals surface area contributed by atoms with E-state index in [1.807, 2.05) is 21.0 Å². The van der Waals surface area contributed by atoms with Crippen LogP contribution >= 0.6 is 15.9 Å². The van der Waals surface area contributed by atoms with Crippen LogP contribution in [-0.4, -0.2) is 41.8 Å². The third kappa shape index (κ3) is 4.42. The highest BCUT2D eigenvalue weighted by Crippen LogP contribution is 2.09. The number of likely N-dealkylation sites (N-methyl/N-ethyl adjacent to an activating group) is 1. The number of nitrogens with one attached hydrogen (secondary N) is 1. The van der Waals surface area contributed by atoms with Gasteiger partial charge >= 0.3 is 0 Å². The monoisotopic (exact) mass is 264 g/mol. The fraction of sp³-hybridized carbons (Fsp3) is 0.900. The van der Waals surface area contributed by atoms with Gasteiger partial charge in [-0.25, -0.2) is 0 Å². The van der Waals surface area contributed by atoms with Crippen LogP contribution in [-0.2, 0) is 4.79 Å². The Morgan fingerprint density at radius 3 is 2.36 bits per heavy atom. The van der Waals surface area contributed by atoms with Crippen molar-refractivity contribution in [1.29, 1.82) is 0 Å². The molecule has 1 amide bonds. The number of carbonyl (C=O) groups is 1.